The highest BCUT2D eigenvalue weighted by atomic mass is 28.3. The fourth-order valence-electron chi connectivity index (χ4n) is 2.10. The maximum Gasteiger partial charge on any atom is 0.146 e. The molecule has 126 valence electrons. The van der Waals surface area contributed by atoms with Crippen molar-refractivity contribution in [3.8, 4) is 0 Å². The lowest BCUT2D eigenvalue weighted by Crippen LogP contribution is -2.24. The third-order valence-corrected chi connectivity index (χ3v) is 5.88. The second-order valence-corrected chi connectivity index (χ2v) is 11.6. The standard InChI is InChI=1S/C17H36O3Si/c1-6-7-8-11-17(21(3,4)5)12-9-10-13-19-16-20-15-14-18-2/h11H,6-10,12-16H2,1-5H3/b17-11+. The zero-order chi connectivity index (χ0) is 16.0. The second-order valence-electron chi connectivity index (χ2n) is 6.51. The van der Waals surface area contributed by atoms with Gasteiger partial charge in [0.25, 0.3) is 0 Å². The topological polar surface area (TPSA) is 27.7 Å². The van der Waals surface area contributed by atoms with Gasteiger partial charge in [-0.3, -0.25) is 0 Å². The van der Waals surface area contributed by atoms with Crippen LogP contribution in [0.4, 0.5) is 0 Å². The van der Waals surface area contributed by atoms with Gasteiger partial charge in [0.15, 0.2) is 0 Å². The van der Waals surface area contributed by atoms with Crippen molar-refractivity contribution in [1.29, 1.82) is 0 Å². The van der Waals surface area contributed by atoms with Crippen LogP contribution in [-0.2, 0) is 14.2 Å². The van der Waals surface area contributed by atoms with Crippen LogP contribution in [0.3, 0.4) is 0 Å². The van der Waals surface area contributed by atoms with Crippen LogP contribution >= 0.6 is 0 Å². The summed E-state index contributed by atoms with van der Waals surface area (Å²) in [4.78, 5) is 0. The Morgan fingerprint density at radius 1 is 0.952 bits per heavy atom. The summed E-state index contributed by atoms with van der Waals surface area (Å²) in [7, 11) is 0.530. The van der Waals surface area contributed by atoms with Gasteiger partial charge in [-0.25, -0.2) is 0 Å². The molecule has 0 N–H and O–H groups in total. The highest BCUT2D eigenvalue weighted by Gasteiger charge is 2.18. The smallest absolute Gasteiger partial charge is 0.146 e. The molecule has 0 atom stereocenters. The highest BCUT2D eigenvalue weighted by molar-refractivity contribution is 6.83. The summed E-state index contributed by atoms with van der Waals surface area (Å²) in [5.41, 5.74) is 0. The summed E-state index contributed by atoms with van der Waals surface area (Å²) in [6.07, 6.45) is 9.95. The van der Waals surface area contributed by atoms with Crippen molar-refractivity contribution in [2.75, 3.05) is 33.7 Å². The van der Waals surface area contributed by atoms with E-state index in [4.69, 9.17) is 14.2 Å². The molecule has 0 aromatic heterocycles. The van der Waals surface area contributed by atoms with Gasteiger partial charge in [-0.2, -0.15) is 0 Å². The Kier molecular flexibility index (Phi) is 13.4. The van der Waals surface area contributed by atoms with E-state index in [2.05, 4.69) is 32.6 Å². The lowest BCUT2D eigenvalue weighted by Gasteiger charge is -2.21. The van der Waals surface area contributed by atoms with E-state index in [1.54, 1.807) is 12.3 Å². The average molecular weight is 317 g/mol. The Balaban J connectivity index is 3.72. The van der Waals surface area contributed by atoms with Crippen molar-refractivity contribution in [3.63, 3.8) is 0 Å². The van der Waals surface area contributed by atoms with Crippen molar-refractivity contribution in [3.05, 3.63) is 11.3 Å². The minimum Gasteiger partial charge on any atom is -0.382 e. The molecular weight excluding hydrogens is 280 g/mol. The minimum absolute atomic E-state index is 0.385. The predicted octanol–water partition coefficient (Wildman–Crippen LogP) is 4.79. The van der Waals surface area contributed by atoms with Gasteiger partial charge in [-0.05, 0) is 25.7 Å². The molecular formula is C17H36O3Si. The maximum absolute atomic E-state index is 5.46. The number of unbranched alkanes of at least 4 members (excludes halogenated alkanes) is 3. The molecule has 0 bridgehead atoms. The van der Waals surface area contributed by atoms with Gasteiger partial charge < -0.3 is 14.2 Å². The van der Waals surface area contributed by atoms with Crippen LogP contribution in [0.5, 0.6) is 0 Å². The molecule has 0 aromatic rings. The summed E-state index contributed by atoms with van der Waals surface area (Å²) >= 11 is 0. The van der Waals surface area contributed by atoms with Crippen LogP contribution in [0.15, 0.2) is 11.3 Å². The first-order valence-electron chi connectivity index (χ1n) is 8.36. The maximum atomic E-state index is 5.46. The molecule has 0 spiro atoms. The fourth-order valence-corrected chi connectivity index (χ4v) is 3.79. The van der Waals surface area contributed by atoms with E-state index in [1.165, 1.54) is 32.1 Å². The lowest BCUT2D eigenvalue weighted by atomic mass is 10.2. The Hall–Kier alpha value is -0.163. The van der Waals surface area contributed by atoms with Crippen molar-refractivity contribution < 1.29 is 14.2 Å². The van der Waals surface area contributed by atoms with E-state index in [-0.39, 0.29) is 0 Å². The molecule has 0 fully saturated rings. The van der Waals surface area contributed by atoms with Gasteiger partial charge in [0.2, 0.25) is 0 Å². The molecule has 21 heavy (non-hydrogen) atoms. The third kappa shape index (κ3) is 13.2. The molecule has 0 heterocycles. The number of methoxy groups -OCH3 is 1. The van der Waals surface area contributed by atoms with Crippen molar-refractivity contribution in [2.45, 2.75) is 65.1 Å². The number of hydrogen-bond donors (Lipinski definition) is 0. The normalized spacial score (nSPS) is 12.9. The Labute approximate surface area is 133 Å². The van der Waals surface area contributed by atoms with Crippen LogP contribution in [-0.4, -0.2) is 41.8 Å². The largest absolute Gasteiger partial charge is 0.382 e. The van der Waals surface area contributed by atoms with E-state index >= 15 is 0 Å². The van der Waals surface area contributed by atoms with E-state index in [1.807, 2.05) is 0 Å². The molecule has 0 saturated carbocycles. The van der Waals surface area contributed by atoms with Crippen LogP contribution in [0.1, 0.15) is 45.4 Å². The minimum atomic E-state index is -1.15. The van der Waals surface area contributed by atoms with Crippen molar-refractivity contribution in [2.24, 2.45) is 0 Å². The molecule has 0 rings (SSSR count). The summed E-state index contributed by atoms with van der Waals surface area (Å²) in [5, 5.41) is 1.73. The van der Waals surface area contributed by atoms with Gasteiger partial charge in [0.1, 0.15) is 6.79 Å². The first-order chi connectivity index (χ1) is 10.0. The molecule has 0 aliphatic heterocycles. The van der Waals surface area contributed by atoms with Gasteiger partial charge in [0.05, 0.1) is 21.3 Å². The van der Waals surface area contributed by atoms with Crippen LogP contribution in [0.25, 0.3) is 0 Å². The lowest BCUT2D eigenvalue weighted by molar-refractivity contribution is -0.0663. The van der Waals surface area contributed by atoms with Crippen molar-refractivity contribution in [1.82, 2.24) is 0 Å². The third-order valence-electron chi connectivity index (χ3n) is 3.50. The fraction of sp³-hybridized carbons (Fsp3) is 0.882. The first-order valence-corrected chi connectivity index (χ1v) is 11.9. The molecule has 0 aromatic carbocycles. The highest BCUT2D eigenvalue weighted by Crippen LogP contribution is 2.21. The van der Waals surface area contributed by atoms with Crippen molar-refractivity contribution >= 4 is 8.07 Å². The van der Waals surface area contributed by atoms with E-state index in [0.29, 0.717) is 20.0 Å². The van der Waals surface area contributed by atoms with E-state index in [0.717, 1.165) is 13.0 Å². The Bertz CT molecular complexity index is 259. The molecule has 0 unspecified atom stereocenters. The quantitative estimate of drug-likeness (QED) is 0.262. The molecule has 0 saturated heterocycles. The van der Waals surface area contributed by atoms with Crippen LogP contribution < -0.4 is 0 Å². The summed E-state index contributed by atoms with van der Waals surface area (Å²) in [5.74, 6) is 0. The molecule has 3 nitrogen and oxygen atoms in total. The summed E-state index contributed by atoms with van der Waals surface area (Å²) < 4.78 is 15.6. The monoisotopic (exact) mass is 316 g/mol. The molecule has 0 radical (unpaired) electrons. The van der Waals surface area contributed by atoms with E-state index in [9.17, 15) is 0 Å². The zero-order valence-electron chi connectivity index (χ0n) is 14.9. The van der Waals surface area contributed by atoms with Gasteiger partial charge in [-0.15, -0.1) is 0 Å². The average Bonchev–Trinajstić information content (AvgIpc) is 2.42. The van der Waals surface area contributed by atoms with Crippen LogP contribution in [0, 0.1) is 0 Å². The van der Waals surface area contributed by atoms with Gasteiger partial charge in [-0.1, -0.05) is 50.7 Å². The predicted molar refractivity (Wildman–Crippen MR) is 93.5 cm³/mol. The van der Waals surface area contributed by atoms with E-state index < -0.39 is 8.07 Å². The molecule has 0 amide bonds. The number of hydrogen-bond acceptors (Lipinski definition) is 3. The number of rotatable bonds is 14. The Morgan fingerprint density at radius 3 is 2.29 bits per heavy atom. The summed E-state index contributed by atoms with van der Waals surface area (Å²) in [6, 6.07) is 0. The SMILES string of the molecule is CCCC/C=C(\CCCCOCOCCOC)[Si](C)(C)C. The summed E-state index contributed by atoms with van der Waals surface area (Å²) in [6.45, 7) is 12.0. The molecule has 4 heteroatoms. The number of allylic oxidation sites excluding steroid dienone is 2. The second kappa shape index (κ2) is 13.5. The number of ether oxygens (including phenoxy) is 3. The van der Waals surface area contributed by atoms with Crippen LogP contribution in [0.2, 0.25) is 19.6 Å². The molecule has 0 aliphatic rings. The molecule has 0 aliphatic carbocycles. The Morgan fingerprint density at radius 2 is 1.67 bits per heavy atom. The first kappa shape index (κ1) is 20.8. The van der Waals surface area contributed by atoms with Gasteiger partial charge >= 0.3 is 0 Å². The van der Waals surface area contributed by atoms with Gasteiger partial charge in [0, 0.05) is 13.7 Å². The zero-order valence-corrected chi connectivity index (χ0v) is 15.9.